The highest BCUT2D eigenvalue weighted by atomic mass is 127. The number of unbranched alkanes of at least 4 members (excludes halogenated alkanes) is 4. The van der Waals surface area contributed by atoms with Crippen molar-refractivity contribution in [1.82, 2.24) is 0 Å². The van der Waals surface area contributed by atoms with Gasteiger partial charge in [-0.05, 0) is 75.7 Å². The van der Waals surface area contributed by atoms with E-state index in [1.54, 1.807) is 6.07 Å². The van der Waals surface area contributed by atoms with Crippen molar-refractivity contribution in [3.63, 3.8) is 0 Å². The lowest BCUT2D eigenvalue weighted by molar-refractivity contribution is 0.382. The number of benzene rings is 1. The highest BCUT2D eigenvalue weighted by Crippen LogP contribution is 2.52. The van der Waals surface area contributed by atoms with Crippen molar-refractivity contribution in [2.24, 2.45) is 5.41 Å². The number of aryl methyl sites for hydroxylation is 1. The maximum atomic E-state index is 10.4. The fourth-order valence-corrected chi connectivity index (χ4v) is 5.08. The van der Waals surface area contributed by atoms with Crippen LogP contribution < -0.4 is 0 Å². The first-order valence-corrected chi connectivity index (χ1v) is 12.4. The maximum absolute atomic E-state index is 10.4. The minimum absolute atomic E-state index is 0.0247. The molecule has 0 unspecified atom stereocenters. The van der Waals surface area contributed by atoms with E-state index < -0.39 is 0 Å². The lowest BCUT2D eigenvalue weighted by Gasteiger charge is -2.14. The highest BCUT2D eigenvalue weighted by Gasteiger charge is 2.39. The smallest absolute Gasteiger partial charge is 0.164 e. The molecule has 1 aromatic rings. The van der Waals surface area contributed by atoms with Gasteiger partial charge in [0.15, 0.2) is 11.5 Å². The first-order chi connectivity index (χ1) is 13.4. The molecule has 2 saturated carbocycles. The Hall–Kier alpha value is -0.650. The summed E-state index contributed by atoms with van der Waals surface area (Å²) in [7, 11) is 0. The Labute approximate surface area is 184 Å². The van der Waals surface area contributed by atoms with Crippen molar-refractivity contribution in [2.45, 2.75) is 107 Å². The Morgan fingerprint density at radius 3 is 2.07 bits per heavy atom. The second-order valence-corrected chi connectivity index (χ2v) is 11.6. The van der Waals surface area contributed by atoms with Crippen LogP contribution in [0.4, 0.5) is 0 Å². The van der Waals surface area contributed by atoms with Crippen molar-refractivity contribution < 1.29 is 15.3 Å². The van der Waals surface area contributed by atoms with Crippen LogP contribution in [0, 0.1) is 5.41 Å². The molecule has 0 bridgehead atoms. The Morgan fingerprint density at radius 2 is 1.46 bits per heavy atom. The van der Waals surface area contributed by atoms with E-state index >= 15 is 0 Å². The van der Waals surface area contributed by atoms with Gasteiger partial charge in [-0.15, -0.1) is 0 Å². The average Bonchev–Trinajstić information content (AvgIpc) is 3.59. The second-order valence-electron chi connectivity index (χ2n) is 9.36. The zero-order valence-electron chi connectivity index (χ0n) is 17.4. The van der Waals surface area contributed by atoms with Crippen LogP contribution in [-0.4, -0.2) is 18.7 Å². The van der Waals surface area contributed by atoms with Crippen LogP contribution in [0.5, 0.6) is 17.2 Å². The van der Waals surface area contributed by atoms with Crippen LogP contribution >= 0.6 is 22.6 Å². The average molecular weight is 500 g/mol. The molecule has 3 N–H and O–H groups in total. The predicted octanol–water partition coefficient (Wildman–Crippen LogP) is 7.17. The molecule has 1 aromatic carbocycles. The van der Waals surface area contributed by atoms with Gasteiger partial charge in [0, 0.05) is 14.5 Å². The second kappa shape index (κ2) is 9.44. The SMILES string of the molecule is CCC1(CCCCCc2c(O)cc(CCCCCC3(I)CC3)c(O)c2O)CC1. The maximum Gasteiger partial charge on any atom is 0.164 e. The van der Waals surface area contributed by atoms with Crippen molar-refractivity contribution in [3.8, 4) is 17.2 Å². The summed E-state index contributed by atoms with van der Waals surface area (Å²) < 4.78 is 0.577. The molecule has 0 radical (unpaired) electrons. The number of phenolic OH excluding ortho intramolecular Hbond substituents is 3. The Balaban J connectivity index is 1.41. The summed E-state index contributed by atoms with van der Waals surface area (Å²) in [6.45, 7) is 2.29. The van der Waals surface area contributed by atoms with Crippen LogP contribution in [0.3, 0.4) is 0 Å². The molecule has 0 spiro atoms. The Bertz CT molecular complexity index is 662. The third kappa shape index (κ3) is 5.93. The first kappa shape index (κ1) is 22.0. The summed E-state index contributed by atoms with van der Waals surface area (Å²) in [5.74, 6) is 0.0106. The largest absolute Gasteiger partial charge is 0.508 e. The molecule has 2 aliphatic carbocycles. The molecule has 3 nitrogen and oxygen atoms in total. The van der Waals surface area contributed by atoms with Gasteiger partial charge in [-0.1, -0.05) is 61.6 Å². The van der Waals surface area contributed by atoms with Crippen molar-refractivity contribution >= 4 is 22.6 Å². The minimum atomic E-state index is -0.105. The normalized spacial score (nSPS) is 18.9. The summed E-state index contributed by atoms with van der Waals surface area (Å²) >= 11 is 2.59. The van der Waals surface area contributed by atoms with E-state index in [1.165, 1.54) is 57.8 Å². The molecular formula is C24H37IO3. The summed E-state index contributed by atoms with van der Waals surface area (Å²) in [5, 5.41) is 31.2. The number of alkyl halides is 1. The van der Waals surface area contributed by atoms with Crippen molar-refractivity contribution in [2.75, 3.05) is 0 Å². The number of halogens is 1. The fraction of sp³-hybridized carbons (Fsp3) is 0.750. The van der Waals surface area contributed by atoms with Crippen LogP contribution in [-0.2, 0) is 12.8 Å². The molecule has 0 saturated heterocycles. The molecule has 2 aliphatic rings. The molecule has 158 valence electrons. The number of hydrogen-bond donors (Lipinski definition) is 3. The minimum Gasteiger partial charge on any atom is -0.508 e. The molecule has 0 heterocycles. The Kier molecular flexibility index (Phi) is 7.43. The van der Waals surface area contributed by atoms with Crippen LogP contribution in [0.25, 0.3) is 0 Å². The van der Waals surface area contributed by atoms with Crippen LogP contribution in [0.2, 0.25) is 0 Å². The van der Waals surface area contributed by atoms with Gasteiger partial charge in [-0.3, -0.25) is 0 Å². The van der Waals surface area contributed by atoms with E-state index in [1.807, 2.05) is 0 Å². The standard InChI is InChI=1S/C24H37IO3/c1-2-23(13-14-23)11-7-4-6-10-19-20(26)17-18(21(27)22(19)28)9-5-3-8-12-24(25)15-16-24/h17,26-28H,2-16H2,1H3. The zero-order chi connectivity index (χ0) is 20.2. The molecule has 0 aromatic heterocycles. The van der Waals surface area contributed by atoms with Gasteiger partial charge in [0.1, 0.15) is 5.75 Å². The van der Waals surface area contributed by atoms with Gasteiger partial charge in [0.2, 0.25) is 0 Å². The van der Waals surface area contributed by atoms with E-state index in [0.29, 0.717) is 32.8 Å². The van der Waals surface area contributed by atoms with Gasteiger partial charge in [0.25, 0.3) is 0 Å². The number of rotatable bonds is 13. The van der Waals surface area contributed by atoms with E-state index in [9.17, 15) is 15.3 Å². The molecule has 0 atom stereocenters. The van der Waals surface area contributed by atoms with Gasteiger partial charge in [-0.2, -0.15) is 0 Å². The Morgan fingerprint density at radius 1 is 0.821 bits per heavy atom. The van der Waals surface area contributed by atoms with E-state index in [2.05, 4.69) is 29.5 Å². The zero-order valence-corrected chi connectivity index (χ0v) is 19.6. The molecule has 4 heteroatoms. The third-order valence-electron chi connectivity index (χ3n) is 7.14. The number of phenols is 3. The molecule has 28 heavy (non-hydrogen) atoms. The summed E-state index contributed by atoms with van der Waals surface area (Å²) in [5.41, 5.74) is 1.83. The topological polar surface area (TPSA) is 60.7 Å². The van der Waals surface area contributed by atoms with Gasteiger partial charge in [-0.25, -0.2) is 0 Å². The predicted molar refractivity (Wildman–Crippen MR) is 124 cm³/mol. The van der Waals surface area contributed by atoms with Crippen molar-refractivity contribution in [3.05, 3.63) is 17.2 Å². The first-order valence-electron chi connectivity index (χ1n) is 11.3. The van der Waals surface area contributed by atoms with E-state index in [-0.39, 0.29) is 17.2 Å². The third-order valence-corrected chi connectivity index (χ3v) is 8.76. The highest BCUT2D eigenvalue weighted by molar-refractivity contribution is 14.1. The lowest BCUT2D eigenvalue weighted by Crippen LogP contribution is -1.98. The van der Waals surface area contributed by atoms with Crippen LogP contribution in [0.1, 0.15) is 102 Å². The van der Waals surface area contributed by atoms with Gasteiger partial charge in [0.05, 0.1) is 0 Å². The molecule has 3 rings (SSSR count). The fourth-order valence-electron chi connectivity index (χ4n) is 4.43. The molecule has 0 amide bonds. The summed E-state index contributed by atoms with van der Waals surface area (Å²) in [6, 6.07) is 1.67. The summed E-state index contributed by atoms with van der Waals surface area (Å²) in [6.07, 6.45) is 17.3. The van der Waals surface area contributed by atoms with Crippen molar-refractivity contribution in [1.29, 1.82) is 0 Å². The lowest BCUT2D eigenvalue weighted by atomic mass is 9.94. The van der Waals surface area contributed by atoms with E-state index in [0.717, 1.165) is 25.7 Å². The van der Waals surface area contributed by atoms with Crippen LogP contribution in [0.15, 0.2) is 6.07 Å². The van der Waals surface area contributed by atoms with Gasteiger partial charge >= 0.3 is 0 Å². The quantitative estimate of drug-likeness (QED) is 0.0885. The summed E-state index contributed by atoms with van der Waals surface area (Å²) in [4.78, 5) is 0. The number of hydrogen-bond acceptors (Lipinski definition) is 3. The molecule has 0 aliphatic heterocycles. The van der Waals surface area contributed by atoms with E-state index in [4.69, 9.17) is 0 Å². The molecular weight excluding hydrogens is 463 g/mol. The number of aromatic hydroxyl groups is 3. The van der Waals surface area contributed by atoms with Gasteiger partial charge < -0.3 is 15.3 Å². The molecule has 2 fully saturated rings. The monoisotopic (exact) mass is 500 g/mol.